The number of nitrogens with zero attached hydrogens (tertiary/aromatic N) is 1. The summed E-state index contributed by atoms with van der Waals surface area (Å²) in [4.78, 5) is 12.7. The van der Waals surface area contributed by atoms with Crippen molar-refractivity contribution in [1.29, 1.82) is 0 Å². The van der Waals surface area contributed by atoms with Gasteiger partial charge < -0.3 is 10.2 Å². The van der Waals surface area contributed by atoms with Crippen LogP contribution in [0, 0.1) is 0 Å². The maximum absolute atomic E-state index is 11.1. The van der Waals surface area contributed by atoms with Crippen molar-refractivity contribution < 1.29 is 9.00 Å². The van der Waals surface area contributed by atoms with Crippen molar-refractivity contribution in [2.45, 2.75) is 18.6 Å². The summed E-state index contributed by atoms with van der Waals surface area (Å²) >= 11 is 0. The highest BCUT2D eigenvalue weighted by molar-refractivity contribution is 7.84. The molecule has 0 rings (SSSR count). The fourth-order valence-electron chi connectivity index (χ4n) is 0.842. The normalized spacial score (nSPS) is 14.9. The Hall–Kier alpha value is -0.420. The van der Waals surface area contributed by atoms with Crippen LogP contribution in [0.2, 0.25) is 0 Å². The Balaban J connectivity index is 3.47. The Morgan fingerprint density at radius 1 is 1.50 bits per heavy atom. The van der Waals surface area contributed by atoms with Gasteiger partial charge in [0.05, 0.1) is 0 Å². The summed E-state index contributed by atoms with van der Waals surface area (Å²) < 4.78 is 11.0. The van der Waals surface area contributed by atoms with Gasteiger partial charge in [-0.25, -0.2) is 0 Å². The quantitative estimate of drug-likeness (QED) is 0.632. The van der Waals surface area contributed by atoms with Crippen LogP contribution in [-0.2, 0) is 15.6 Å². The molecule has 0 radical (unpaired) electrons. The van der Waals surface area contributed by atoms with Crippen LogP contribution in [0.25, 0.3) is 0 Å². The van der Waals surface area contributed by atoms with Gasteiger partial charge in [0, 0.05) is 55.9 Å². The molecule has 4 nitrogen and oxygen atoms in total. The molecule has 0 aliphatic heterocycles. The molecule has 0 heterocycles. The summed E-state index contributed by atoms with van der Waals surface area (Å²) in [6.07, 6.45) is 2.19. The van der Waals surface area contributed by atoms with Gasteiger partial charge in [0.2, 0.25) is 5.91 Å². The molecule has 14 heavy (non-hydrogen) atoms. The molecule has 5 heteroatoms. The Bertz CT molecular complexity index is 207. The summed E-state index contributed by atoms with van der Waals surface area (Å²) in [5.41, 5.74) is 0. The Morgan fingerprint density at radius 3 is 2.50 bits per heavy atom. The topological polar surface area (TPSA) is 49.4 Å². The van der Waals surface area contributed by atoms with Gasteiger partial charge in [-0.1, -0.05) is 0 Å². The third-order valence-electron chi connectivity index (χ3n) is 2.01. The SMILES string of the molecule is CC(CNCCC(=O)N(C)C)S(C)=O. The molecule has 2 atom stereocenters. The van der Waals surface area contributed by atoms with Gasteiger partial charge in [-0.3, -0.25) is 9.00 Å². The lowest BCUT2D eigenvalue weighted by Gasteiger charge is -2.12. The van der Waals surface area contributed by atoms with E-state index < -0.39 is 10.8 Å². The van der Waals surface area contributed by atoms with Gasteiger partial charge in [-0.05, 0) is 6.92 Å². The average molecular weight is 220 g/mol. The fourth-order valence-corrected chi connectivity index (χ4v) is 1.19. The van der Waals surface area contributed by atoms with Crippen LogP contribution in [0.1, 0.15) is 13.3 Å². The van der Waals surface area contributed by atoms with E-state index in [0.717, 1.165) is 0 Å². The predicted molar refractivity (Wildman–Crippen MR) is 59.7 cm³/mol. The minimum Gasteiger partial charge on any atom is -0.349 e. The molecule has 0 saturated carbocycles. The lowest BCUT2D eigenvalue weighted by Crippen LogP contribution is -2.31. The molecule has 84 valence electrons. The lowest BCUT2D eigenvalue weighted by molar-refractivity contribution is -0.128. The van der Waals surface area contributed by atoms with Gasteiger partial charge in [0.15, 0.2) is 0 Å². The molecule has 0 aromatic heterocycles. The van der Waals surface area contributed by atoms with Crippen molar-refractivity contribution >= 4 is 16.7 Å². The van der Waals surface area contributed by atoms with Crippen molar-refractivity contribution in [3.05, 3.63) is 0 Å². The molecule has 0 spiro atoms. The molecular weight excluding hydrogens is 200 g/mol. The molecule has 0 aromatic rings. The first-order valence-corrected chi connectivity index (χ1v) is 6.30. The largest absolute Gasteiger partial charge is 0.349 e. The van der Waals surface area contributed by atoms with Crippen LogP contribution in [-0.4, -0.2) is 53.7 Å². The van der Waals surface area contributed by atoms with E-state index in [1.54, 1.807) is 25.3 Å². The van der Waals surface area contributed by atoms with Crippen LogP contribution in [0.5, 0.6) is 0 Å². The third-order valence-corrected chi connectivity index (χ3v) is 3.31. The number of hydrogen-bond donors (Lipinski definition) is 1. The highest BCUT2D eigenvalue weighted by Crippen LogP contribution is 1.90. The lowest BCUT2D eigenvalue weighted by atomic mass is 10.3. The Kier molecular flexibility index (Phi) is 6.74. The van der Waals surface area contributed by atoms with Crippen molar-refractivity contribution in [3.8, 4) is 0 Å². The summed E-state index contributed by atoms with van der Waals surface area (Å²) in [6, 6.07) is 0. The zero-order valence-electron chi connectivity index (χ0n) is 9.37. The first-order chi connectivity index (χ1) is 6.45. The minimum atomic E-state index is -0.791. The fraction of sp³-hybridized carbons (Fsp3) is 0.889. The molecule has 1 amide bonds. The van der Waals surface area contributed by atoms with E-state index in [9.17, 15) is 9.00 Å². The van der Waals surface area contributed by atoms with Crippen LogP contribution >= 0.6 is 0 Å². The van der Waals surface area contributed by atoms with Crippen LogP contribution < -0.4 is 5.32 Å². The molecule has 0 aliphatic carbocycles. The highest BCUT2D eigenvalue weighted by atomic mass is 32.2. The monoisotopic (exact) mass is 220 g/mol. The molecular formula is C9H20N2O2S. The molecule has 0 saturated heterocycles. The summed E-state index contributed by atoms with van der Waals surface area (Å²) in [5.74, 6) is 0.114. The van der Waals surface area contributed by atoms with E-state index in [0.29, 0.717) is 19.5 Å². The zero-order chi connectivity index (χ0) is 11.1. The smallest absolute Gasteiger partial charge is 0.223 e. The molecule has 0 aromatic carbocycles. The van der Waals surface area contributed by atoms with E-state index in [2.05, 4.69) is 5.32 Å². The molecule has 2 unspecified atom stereocenters. The average Bonchev–Trinajstić information content (AvgIpc) is 2.11. The predicted octanol–water partition coefficient (Wildman–Crippen LogP) is -0.179. The van der Waals surface area contributed by atoms with Crippen molar-refractivity contribution in [2.24, 2.45) is 0 Å². The molecule has 1 N–H and O–H groups in total. The summed E-state index contributed by atoms with van der Waals surface area (Å²) in [6.45, 7) is 3.28. The number of amides is 1. The number of nitrogens with one attached hydrogen (secondary N) is 1. The molecule has 0 bridgehead atoms. The molecule has 0 fully saturated rings. The Morgan fingerprint density at radius 2 is 2.07 bits per heavy atom. The van der Waals surface area contributed by atoms with Crippen LogP contribution in [0.3, 0.4) is 0 Å². The van der Waals surface area contributed by atoms with Gasteiger partial charge >= 0.3 is 0 Å². The molecule has 0 aliphatic rings. The number of carbonyl (C=O) groups excluding carboxylic acids is 1. The number of hydrogen-bond acceptors (Lipinski definition) is 3. The second kappa shape index (κ2) is 6.95. The second-order valence-electron chi connectivity index (χ2n) is 3.55. The van der Waals surface area contributed by atoms with Crippen LogP contribution in [0.4, 0.5) is 0 Å². The van der Waals surface area contributed by atoms with Gasteiger partial charge in [-0.2, -0.15) is 0 Å². The van der Waals surface area contributed by atoms with Crippen molar-refractivity contribution in [1.82, 2.24) is 10.2 Å². The third kappa shape index (κ3) is 6.10. The first-order valence-electron chi connectivity index (χ1n) is 4.68. The highest BCUT2D eigenvalue weighted by Gasteiger charge is 2.06. The first kappa shape index (κ1) is 13.6. The Labute approximate surface area is 88.5 Å². The van der Waals surface area contributed by atoms with E-state index in [-0.39, 0.29) is 11.2 Å². The van der Waals surface area contributed by atoms with Gasteiger partial charge in [0.25, 0.3) is 0 Å². The van der Waals surface area contributed by atoms with E-state index >= 15 is 0 Å². The maximum Gasteiger partial charge on any atom is 0.223 e. The van der Waals surface area contributed by atoms with Gasteiger partial charge in [0.1, 0.15) is 0 Å². The zero-order valence-corrected chi connectivity index (χ0v) is 10.2. The van der Waals surface area contributed by atoms with Crippen molar-refractivity contribution in [2.75, 3.05) is 33.4 Å². The van der Waals surface area contributed by atoms with Gasteiger partial charge in [-0.15, -0.1) is 0 Å². The van der Waals surface area contributed by atoms with Crippen LogP contribution in [0.15, 0.2) is 0 Å². The number of carbonyl (C=O) groups is 1. The maximum atomic E-state index is 11.1. The summed E-state index contributed by atoms with van der Waals surface area (Å²) in [7, 11) is 2.69. The second-order valence-corrected chi connectivity index (χ2v) is 5.35. The standard InChI is InChI=1S/C9H20N2O2S/c1-8(14(4)13)7-10-6-5-9(12)11(2)3/h8,10H,5-7H2,1-4H3. The van der Waals surface area contributed by atoms with Crippen molar-refractivity contribution in [3.63, 3.8) is 0 Å². The minimum absolute atomic E-state index is 0.114. The summed E-state index contributed by atoms with van der Waals surface area (Å²) in [5, 5.41) is 3.25. The number of rotatable bonds is 6. The van der Waals surface area contributed by atoms with E-state index in [4.69, 9.17) is 0 Å². The van der Waals surface area contributed by atoms with E-state index in [1.165, 1.54) is 0 Å². The van der Waals surface area contributed by atoms with E-state index in [1.807, 2.05) is 6.92 Å².